The largest absolute Gasteiger partial charge is 0.490 e. The third-order valence-corrected chi connectivity index (χ3v) is 3.22. The highest BCUT2D eigenvalue weighted by Crippen LogP contribution is 2.27. The van der Waals surface area contributed by atoms with E-state index in [-0.39, 0.29) is 5.82 Å². The van der Waals surface area contributed by atoms with Gasteiger partial charge in [0.2, 0.25) is 0 Å². The first-order valence-electron chi connectivity index (χ1n) is 5.72. The summed E-state index contributed by atoms with van der Waals surface area (Å²) < 4.78 is 19.2. The quantitative estimate of drug-likeness (QED) is 0.792. The van der Waals surface area contributed by atoms with E-state index in [0.717, 1.165) is 10.2 Å². The van der Waals surface area contributed by atoms with E-state index in [1.54, 1.807) is 18.2 Å². The van der Waals surface area contributed by atoms with E-state index in [9.17, 15) is 4.39 Å². The minimum Gasteiger partial charge on any atom is -0.490 e. The molecule has 0 fully saturated rings. The molecule has 0 unspecified atom stereocenters. The van der Waals surface area contributed by atoms with Crippen LogP contribution in [0.2, 0.25) is 5.02 Å². The average molecular weight is 345 g/mol. The van der Waals surface area contributed by atoms with Crippen molar-refractivity contribution in [2.24, 2.45) is 0 Å². The van der Waals surface area contributed by atoms with Gasteiger partial charge in [0.25, 0.3) is 0 Å². The maximum absolute atomic E-state index is 12.7. The van der Waals surface area contributed by atoms with E-state index < -0.39 is 0 Å². The SMILES string of the molecule is Fc1ccc(NCCOc2ccc(Br)cc2Cl)cc1. The molecule has 0 spiro atoms. The Kier molecular flexibility index (Phi) is 5.05. The van der Waals surface area contributed by atoms with Gasteiger partial charge in [-0.1, -0.05) is 27.5 Å². The van der Waals surface area contributed by atoms with Crippen molar-refractivity contribution >= 4 is 33.2 Å². The lowest BCUT2D eigenvalue weighted by Crippen LogP contribution is -2.11. The van der Waals surface area contributed by atoms with Crippen molar-refractivity contribution in [3.8, 4) is 5.75 Å². The standard InChI is InChI=1S/C14H12BrClFNO/c15-10-1-6-14(13(16)9-10)19-8-7-18-12-4-2-11(17)3-5-12/h1-6,9,18H,7-8H2. The lowest BCUT2D eigenvalue weighted by Gasteiger charge is -2.10. The van der Waals surface area contributed by atoms with Gasteiger partial charge in [0, 0.05) is 16.7 Å². The molecule has 0 aliphatic carbocycles. The summed E-state index contributed by atoms with van der Waals surface area (Å²) >= 11 is 9.36. The number of nitrogens with one attached hydrogen (secondary N) is 1. The van der Waals surface area contributed by atoms with Crippen LogP contribution in [-0.2, 0) is 0 Å². The van der Waals surface area contributed by atoms with E-state index in [1.807, 2.05) is 12.1 Å². The highest BCUT2D eigenvalue weighted by molar-refractivity contribution is 9.10. The van der Waals surface area contributed by atoms with Crippen molar-refractivity contribution in [2.75, 3.05) is 18.5 Å². The Morgan fingerprint density at radius 3 is 2.58 bits per heavy atom. The minimum absolute atomic E-state index is 0.247. The Bertz CT molecular complexity index is 548. The Balaban J connectivity index is 1.79. The fourth-order valence-corrected chi connectivity index (χ4v) is 2.24. The van der Waals surface area contributed by atoms with E-state index in [4.69, 9.17) is 16.3 Å². The molecule has 0 aliphatic rings. The zero-order valence-corrected chi connectivity index (χ0v) is 12.3. The van der Waals surface area contributed by atoms with Gasteiger partial charge in [-0.15, -0.1) is 0 Å². The third-order valence-electron chi connectivity index (χ3n) is 2.43. The van der Waals surface area contributed by atoms with E-state index in [0.29, 0.717) is 23.9 Å². The molecule has 0 saturated heterocycles. The second-order valence-corrected chi connectivity index (χ2v) is 5.18. The van der Waals surface area contributed by atoms with Crippen molar-refractivity contribution in [1.82, 2.24) is 0 Å². The number of ether oxygens (including phenoxy) is 1. The first-order valence-corrected chi connectivity index (χ1v) is 6.89. The molecule has 0 aliphatic heterocycles. The van der Waals surface area contributed by atoms with Crippen molar-refractivity contribution in [3.63, 3.8) is 0 Å². The molecule has 0 amide bonds. The molecular formula is C14H12BrClFNO. The van der Waals surface area contributed by atoms with Gasteiger partial charge in [0.15, 0.2) is 0 Å². The number of anilines is 1. The van der Waals surface area contributed by atoms with Crippen LogP contribution >= 0.6 is 27.5 Å². The number of rotatable bonds is 5. The Hall–Kier alpha value is -1.26. The average Bonchev–Trinajstić information content (AvgIpc) is 2.39. The summed E-state index contributed by atoms with van der Waals surface area (Å²) in [5, 5.41) is 3.69. The first kappa shape index (κ1) is 14.2. The Morgan fingerprint density at radius 2 is 1.89 bits per heavy atom. The van der Waals surface area contributed by atoms with Gasteiger partial charge in [-0.05, 0) is 42.5 Å². The Labute approximate surface area is 124 Å². The summed E-state index contributed by atoms with van der Waals surface area (Å²) in [4.78, 5) is 0. The van der Waals surface area contributed by atoms with E-state index in [1.165, 1.54) is 12.1 Å². The van der Waals surface area contributed by atoms with Crippen LogP contribution in [0, 0.1) is 5.82 Å². The number of hydrogen-bond acceptors (Lipinski definition) is 2. The predicted octanol–water partition coefficient (Wildman–Crippen LogP) is 4.73. The summed E-state index contributed by atoms with van der Waals surface area (Å²) in [5.74, 6) is 0.397. The zero-order chi connectivity index (χ0) is 13.7. The summed E-state index contributed by atoms with van der Waals surface area (Å²) in [5.41, 5.74) is 0.854. The maximum atomic E-state index is 12.7. The molecule has 100 valence electrons. The highest BCUT2D eigenvalue weighted by atomic mass is 79.9. The van der Waals surface area contributed by atoms with Gasteiger partial charge < -0.3 is 10.1 Å². The van der Waals surface area contributed by atoms with Crippen LogP contribution in [0.1, 0.15) is 0 Å². The van der Waals surface area contributed by atoms with Crippen LogP contribution in [-0.4, -0.2) is 13.2 Å². The Morgan fingerprint density at radius 1 is 1.16 bits per heavy atom. The molecule has 5 heteroatoms. The molecule has 19 heavy (non-hydrogen) atoms. The topological polar surface area (TPSA) is 21.3 Å². The molecular weight excluding hydrogens is 333 g/mol. The van der Waals surface area contributed by atoms with Crippen LogP contribution in [0.25, 0.3) is 0 Å². The van der Waals surface area contributed by atoms with Crippen molar-refractivity contribution in [3.05, 3.63) is 57.8 Å². The van der Waals surface area contributed by atoms with E-state index in [2.05, 4.69) is 21.2 Å². The fraction of sp³-hybridized carbons (Fsp3) is 0.143. The molecule has 2 aromatic carbocycles. The molecule has 0 aromatic heterocycles. The second-order valence-electron chi connectivity index (χ2n) is 3.86. The normalized spacial score (nSPS) is 10.3. The summed E-state index contributed by atoms with van der Waals surface area (Å²) in [7, 11) is 0. The number of benzene rings is 2. The lowest BCUT2D eigenvalue weighted by molar-refractivity contribution is 0.333. The monoisotopic (exact) mass is 343 g/mol. The van der Waals surface area contributed by atoms with Crippen molar-refractivity contribution < 1.29 is 9.13 Å². The van der Waals surface area contributed by atoms with E-state index >= 15 is 0 Å². The second kappa shape index (κ2) is 6.78. The van der Waals surface area contributed by atoms with Crippen molar-refractivity contribution in [1.29, 1.82) is 0 Å². The van der Waals surface area contributed by atoms with Gasteiger partial charge in [0.1, 0.15) is 18.2 Å². The van der Waals surface area contributed by atoms with Gasteiger partial charge >= 0.3 is 0 Å². The molecule has 0 radical (unpaired) electrons. The first-order chi connectivity index (χ1) is 9.15. The molecule has 2 rings (SSSR count). The number of hydrogen-bond donors (Lipinski definition) is 1. The van der Waals surface area contributed by atoms with Gasteiger partial charge in [-0.25, -0.2) is 4.39 Å². The van der Waals surface area contributed by atoms with Gasteiger partial charge in [-0.3, -0.25) is 0 Å². The summed E-state index contributed by atoms with van der Waals surface area (Å²) in [6, 6.07) is 11.6. The lowest BCUT2D eigenvalue weighted by atomic mass is 10.3. The number of halogens is 3. The molecule has 2 aromatic rings. The van der Waals surface area contributed by atoms with Gasteiger partial charge in [0.05, 0.1) is 5.02 Å². The van der Waals surface area contributed by atoms with Crippen LogP contribution in [0.3, 0.4) is 0 Å². The van der Waals surface area contributed by atoms with Crippen LogP contribution in [0.4, 0.5) is 10.1 Å². The zero-order valence-electron chi connectivity index (χ0n) is 10.00. The third kappa shape index (κ3) is 4.40. The highest BCUT2D eigenvalue weighted by Gasteiger charge is 2.01. The minimum atomic E-state index is -0.247. The van der Waals surface area contributed by atoms with Gasteiger partial charge in [-0.2, -0.15) is 0 Å². The molecule has 0 bridgehead atoms. The van der Waals surface area contributed by atoms with Crippen LogP contribution in [0.15, 0.2) is 46.9 Å². The molecule has 2 nitrogen and oxygen atoms in total. The maximum Gasteiger partial charge on any atom is 0.138 e. The van der Waals surface area contributed by atoms with Crippen LogP contribution in [0.5, 0.6) is 5.75 Å². The molecule has 1 N–H and O–H groups in total. The smallest absolute Gasteiger partial charge is 0.138 e. The molecule has 0 saturated carbocycles. The molecule has 0 heterocycles. The van der Waals surface area contributed by atoms with Crippen molar-refractivity contribution in [2.45, 2.75) is 0 Å². The molecule has 0 atom stereocenters. The van der Waals surface area contributed by atoms with Crippen LogP contribution < -0.4 is 10.1 Å². The summed E-state index contributed by atoms with van der Waals surface area (Å²) in [6.45, 7) is 1.08. The fourth-order valence-electron chi connectivity index (χ4n) is 1.52. The predicted molar refractivity (Wildman–Crippen MR) is 79.5 cm³/mol. The summed E-state index contributed by atoms with van der Waals surface area (Å²) in [6.07, 6.45) is 0.